The van der Waals surface area contributed by atoms with Crippen LogP contribution in [-0.4, -0.2) is 88.0 Å². The van der Waals surface area contributed by atoms with Gasteiger partial charge in [0.15, 0.2) is 6.29 Å². The van der Waals surface area contributed by atoms with E-state index >= 15 is 0 Å². The lowest BCUT2D eigenvalue weighted by Crippen LogP contribution is -2.67. The molecule has 0 aromatic carbocycles. The van der Waals surface area contributed by atoms with E-state index in [-0.39, 0.29) is 13.0 Å². The molecular weight excluding hydrogens is 296 g/mol. The summed E-state index contributed by atoms with van der Waals surface area (Å²) in [5.41, 5.74) is 22.8. The van der Waals surface area contributed by atoms with Gasteiger partial charge in [0.1, 0.15) is 30.5 Å². The lowest BCUT2D eigenvalue weighted by Gasteiger charge is -2.45. The first-order chi connectivity index (χ1) is 10.3. The standard InChI is InChI=1S/C12H26N4O6/c13-2-5-8(18)9(19)6(16)12(21-5)22-11-4(15)1-3(14)7(17)10(11)20/h3-12,17-20H,1-2,13-16H2/t3-,4+,5+,6+,7+,8+,9+,10-,11-,12+/m0/s1. The fourth-order valence-electron chi connectivity index (χ4n) is 2.89. The van der Waals surface area contributed by atoms with E-state index < -0.39 is 61.0 Å². The zero-order valence-corrected chi connectivity index (χ0v) is 12.1. The van der Waals surface area contributed by atoms with Crippen LogP contribution in [0.3, 0.4) is 0 Å². The number of nitrogens with two attached hydrogens (primary N) is 4. The van der Waals surface area contributed by atoms with Crippen LogP contribution in [0.25, 0.3) is 0 Å². The van der Waals surface area contributed by atoms with Gasteiger partial charge in [0.05, 0.1) is 12.1 Å². The van der Waals surface area contributed by atoms with Gasteiger partial charge in [-0.25, -0.2) is 0 Å². The minimum Gasteiger partial charge on any atom is -0.389 e. The number of hydrogen-bond donors (Lipinski definition) is 8. The molecule has 0 aromatic heterocycles. The van der Waals surface area contributed by atoms with E-state index in [1.54, 1.807) is 0 Å². The Morgan fingerprint density at radius 1 is 0.909 bits per heavy atom. The van der Waals surface area contributed by atoms with E-state index in [4.69, 9.17) is 32.4 Å². The molecule has 2 fully saturated rings. The van der Waals surface area contributed by atoms with Crippen LogP contribution in [0, 0.1) is 0 Å². The maximum Gasteiger partial charge on any atom is 0.176 e. The molecule has 0 unspecified atom stereocenters. The second-order valence-corrected chi connectivity index (χ2v) is 5.98. The maximum atomic E-state index is 10.1. The number of ether oxygens (including phenoxy) is 2. The zero-order chi connectivity index (χ0) is 16.6. The summed E-state index contributed by atoms with van der Waals surface area (Å²) in [5.74, 6) is 0. The maximum absolute atomic E-state index is 10.1. The van der Waals surface area contributed by atoms with Gasteiger partial charge in [0.2, 0.25) is 0 Å². The Labute approximate surface area is 128 Å². The van der Waals surface area contributed by atoms with Crippen molar-refractivity contribution in [2.45, 2.75) is 67.5 Å². The molecule has 1 aliphatic heterocycles. The highest BCUT2D eigenvalue weighted by atomic mass is 16.7. The van der Waals surface area contributed by atoms with Gasteiger partial charge in [-0.1, -0.05) is 0 Å². The average molecular weight is 322 g/mol. The molecule has 2 aliphatic rings. The molecule has 0 bridgehead atoms. The molecule has 0 spiro atoms. The van der Waals surface area contributed by atoms with E-state index in [2.05, 4.69) is 0 Å². The van der Waals surface area contributed by atoms with Crippen LogP contribution in [0.15, 0.2) is 0 Å². The smallest absolute Gasteiger partial charge is 0.176 e. The van der Waals surface area contributed by atoms with Crippen LogP contribution in [0.4, 0.5) is 0 Å². The van der Waals surface area contributed by atoms with Gasteiger partial charge in [-0.3, -0.25) is 0 Å². The first-order valence-electron chi connectivity index (χ1n) is 7.28. The molecule has 0 amide bonds. The first kappa shape index (κ1) is 17.9. The van der Waals surface area contributed by atoms with Gasteiger partial charge in [-0.05, 0) is 6.42 Å². The third kappa shape index (κ3) is 3.26. The summed E-state index contributed by atoms with van der Waals surface area (Å²) < 4.78 is 11.0. The van der Waals surface area contributed by atoms with E-state index in [9.17, 15) is 20.4 Å². The largest absolute Gasteiger partial charge is 0.389 e. The Morgan fingerprint density at radius 3 is 2.14 bits per heavy atom. The van der Waals surface area contributed by atoms with E-state index in [0.29, 0.717) is 0 Å². The van der Waals surface area contributed by atoms with Crippen molar-refractivity contribution < 1.29 is 29.9 Å². The predicted octanol–water partition coefficient (Wildman–Crippen LogP) is -5.12. The van der Waals surface area contributed by atoms with Crippen LogP contribution in [0.5, 0.6) is 0 Å². The lowest BCUT2D eigenvalue weighted by molar-refractivity contribution is -0.287. The van der Waals surface area contributed by atoms with Crippen molar-refractivity contribution in [1.29, 1.82) is 0 Å². The van der Waals surface area contributed by atoms with Gasteiger partial charge >= 0.3 is 0 Å². The van der Waals surface area contributed by atoms with Crippen molar-refractivity contribution in [2.75, 3.05) is 6.54 Å². The summed E-state index contributed by atoms with van der Waals surface area (Å²) in [4.78, 5) is 0. The quantitative estimate of drug-likeness (QED) is 0.248. The topological polar surface area (TPSA) is 203 Å². The summed E-state index contributed by atoms with van der Waals surface area (Å²) in [7, 11) is 0. The Hall–Kier alpha value is -0.400. The summed E-state index contributed by atoms with van der Waals surface area (Å²) >= 11 is 0. The second-order valence-electron chi connectivity index (χ2n) is 5.98. The zero-order valence-electron chi connectivity index (χ0n) is 12.1. The third-order valence-corrected chi connectivity index (χ3v) is 4.36. The minimum absolute atomic E-state index is 0.0441. The third-order valence-electron chi connectivity index (χ3n) is 4.36. The van der Waals surface area contributed by atoms with Crippen LogP contribution in [0.2, 0.25) is 0 Å². The van der Waals surface area contributed by atoms with Gasteiger partial charge in [0.25, 0.3) is 0 Å². The van der Waals surface area contributed by atoms with Crippen LogP contribution in [-0.2, 0) is 9.47 Å². The molecule has 130 valence electrons. The van der Waals surface area contributed by atoms with Crippen molar-refractivity contribution in [3.05, 3.63) is 0 Å². The fraction of sp³-hybridized carbons (Fsp3) is 1.00. The SMILES string of the molecule is NC[C@H]1O[C@H](O[C@@H]2[C@@H](O)[C@H](O)[C@@H](N)C[C@H]2N)[C@H](N)[C@@H](O)[C@@H]1O. The van der Waals surface area contributed by atoms with Crippen molar-refractivity contribution >= 4 is 0 Å². The summed E-state index contributed by atoms with van der Waals surface area (Å²) in [5, 5.41) is 39.6. The number of hydrogen-bond acceptors (Lipinski definition) is 10. The van der Waals surface area contributed by atoms with Crippen molar-refractivity contribution in [2.24, 2.45) is 22.9 Å². The molecule has 10 atom stereocenters. The molecule has 2 rings (SSSR count). The number of aliphatic hydroxyl groups is 4. The lowest BCUT2D eigenvalue weighted by atomic mass is 9.84. The Kier molecular flexibility index (Phi) is 5.72. The van der Waals surface area contributed by atoms with Crippen molar-refractivity contribution in [3.8, 4) is 0 Å². The van der Waals surface area contributed by atoms with Crippen LogP contribution < -0.4 is 22.9 Å². The first-order valence-corrected chi connectivity index (χ1v) is 7.28. The highest BCUT2D eigenvalue weighted by Gasteiger charge is 2.47. The molecule has 1 saturated heterocycles. The summed E-state index contributed by atoms with van der Waals surface area (Å²) in [6.07, 6.45) is -7.73. The summed E-state index contributed by atoms with van der Waals surface area (Å²) in [6.45, 7) is -0.0441. The van der Waals surface area contributed by atoms with E-state index in [1.165, 1.54) is 0 Å². The second kappa shape index (κ2) is 7.01. The molecule has 0 radical (unpaired) electrons. The van der Waals surface area contributed by atoms with Crippen molar-refractivity contribution in [3.63, 3.8) is 0 Å². The Balaban J connectivity index is 2.08. The molecule has 1 saturated carbocycles. The van der Waals surface area contributed by atoms with Gasteiger partial charge < -0.3 is 52.8 Å². The summed E-state index contributed by atoms with van der Waals surface area (Å²) in [6, 6.07) is -2.34. The van der Waals surface area contributed by atoms with Gasteiger partial charge in [0, 0.05) is 18.6 Å². The molecular formula is C12H26N4O6. The predicted molar refractivity (Wildman–Crippen MR) is 75.2 cm³/mol. The molecule has 10 nitrogen and oxygen atoms in total. The fourth-order valence-corrected chi connectivity index (χ4v) is 2.89. The molecule has 1 aliphatic carbocycles. The Morgan fingerprint density at radius 2 is 1.55 bits per heavy atom. The van der Waals surface area contributed by atoms with Crippen molar-refractivity contribution in [1.82, 2.24) is 0 Å². The molecule has 1 heterocycles. The van der Waals surface area contributed by atoms with Gasteiger partial charge in [-0.15, -0.1) is 0 Å². The highest BCUT2D eigenvalue weighted by molar-refractivity contribution is 4.99. The Bertz CT molecular complexity index is 376. The number of aliphatic hydroxyl groups excluding tert-OH is 4. The molecule has 12 N–H and O–H groups in total. The highest BCUT2D eigenvalue weighted by Crippen LogP contribution is 2.26. The van der Waals surface area contributed by atoms with E-state index in [1.807, 2.05) is 0 Å². The van der Waals surface area contributed by atoms with E-state index in [0.717, 1.165) is 0 Å². The molecule has 22 heavy (non-hydrogen) atoms. The molecule has 10 heteroatoms. The molecule has 0 aromatic rings. The average Bonchev–Trinajstić information content (AvgIpc) is 2.49. The van der Waals surface area contributed by atoms with Gasteiger partial charge in [-0.2, -0.15) is 0 Å². The minimum atomic E-state index is -1.31. The monoisotopic (exact) mass is 322 g/mol. The van der Waals surface area contributed by atoms with Crippen LogP contribution in [0.1, 0.15) is 6.42 Å². The number of rotatable bonds is 3. The van der Waals surface area contributed by atoms with Crippen LogP contribution >= 0.6 is 0 Å². The normalized spacial score (nSPS) is 53.5.